The first-order valence-electron chi connectivity index (χ1n) is 1.82. The third-order valence-electron chi connectivity index (χ3n) is 0. The molecule has 0 aliphatic rings. The van der Waals surface area contributed by atoms with Gasteiger partial charge in [-0.2, -0.15) is 0 Å². The molecule has 4 heavy (non-hydrogen) atoms. The number of aliphatic hydroxyl groups excluding tert-OH is 1. The molecule has 0 heterocycles. The molecular formula is C3H10O. The summed E-state index contributed by atoms with van der Waals surface area (Å²) in [7, 11) is 1.29. The Kier molecular flexibility index (Phi) is 7040. The first-order chi connectivity index (χ1) is 2.41. The predicted molar refractivity (Wildman–Crippen MR) is 19.5 cm³/mol. The van der Waals surface area contributed by atoms with Crippen molar-refractivity contribution in [3.63, 3.8) is 0 Å². The topological polar surface area (TPSA) is 20.2 Å². The molecule has 1 heteroatoms. The fraction of sp³-hybridized carbons (Fsp3) is 1.00. The highest BCUT2D eigenvalue weighted by molar-refractivity contribution is 3.50. The number of aliphatic hydroxyl groups is 1. The van der Waals surface area contributed by atoms with Gasteiger partial charge < -0.3 is 5.11 Å². The summed E-state index contributed by atoms with van der Waals surface area (Å²) in [6, 6.07) is 0. The van der Waals surface area contributed by atoms with E-state index in [1.54, 1.807) is 0 Å². The van der Waals surface area contributed by atoms with Gasteiger partial charge in [0.25, 0.3) is 0 Å². The van der Waals surface area contributed by atoms with Crippen molar-refractivity contribution in [2.75, 3.05) is 7.11 Å². The Labute approximate surface area is 28.8 Å². The van der Waals surface area contributed by atoms with Crippen LogP contribution < -0.4 is 0 Å². The molecule has 0 bridgehead atoms. The van der Waals surface area contributed by atoms with Crippen molar-refractivity contribution >= 4 is 0 Å². The molecule has 0 saturated heterocycles. The minimum atomic E-state index is 1.29. The van der Waals surface area contributed by atoms with Crippen LogP contribution in [0.1, 0.15) is 13.8 Å². The van der Waals surface area contributed by atoms with Crippen molar-refractivity contribution in [2.45, 2.75) is 13.8 Å². The molecule has 0 spiro atoms. The zero-order valence-electron chi connectivity index (χ0n) is 4.41. The summed E-state index contributed by atoms with van der Waals surface area (Å²) >= 11 is 0. The van der Waals surface area contributed by atoms with E-state index in [0.29, 0.717) is 0 Å². The molecule has 0 rings (SSSR count). The van der Waals surface area contributed by atoms with E-state index in [9.17, 15) is 0 Å². The second-order valence-corrected chi connectivity index (χ2v) is 0. The molecule has 1 nitrogen and oxygen atoms in total. The molecule has 0 saturated carbocycles. The smallest absolute Gasteiger partial charge is 0.210 e. The highest BCUT2D eigenvalue weighted by Gasteiger charge is 0.932. The van der Waals surface area contributed by atoms with E-state index >= 15 is 0 Å². The lowest BCUT2D eigenvalue weighted by Gasteiger charge is -1.21. The van der Waals surface area contributed by atoms with E-state index in [1.807, 2.05) is 13.8 Å². The summed E-state index contributed by atoms with van der Waals surface area (Å²) in [6.07, 6.45) is 0. The number of rotatable bonds is 0. The van der Waals surface area contributed by atoms with Crippen LogP contribution in [0.2, 0.25) is 0 Å². The van der Waals surface area contributed by atoms with Crippen LogP contribution in [-0.4, -0.2) is 13.6 Å². The van der Waals surface area contributed by atoms with Crippen molar-refractivity contribution in [1.29, 1.82) is 1.43 Å². The Hall–Kier alpha value is -0.0400. The molecule has 0 aromatic rings. The second kappa shape index (κ2) is 7110. The average Bonchev–Trinajstić information content (AvgIpc) is 1.46. The van der Waals surface area contributed by atoms with Gasteiger partial charge in [0.15, 0.2) is 0 Å². The molecule has 0 aliphatic heterocycles. The molecule has 0 radical (unpaired) electrons. The molecule has 0 aromatic heterocycles. The Morgan fingerprint density at radius 2 is 1.75 bits per heavy atom. The van der Waals surface area contributed by atoms with Crippen LogP contribution in [0.3, 0.4) is 0 Å². The maximum Gasteiger partial charge on any atom is 0.210 e. The standard InChI is InChI=1S/C2H6.CH4O/c2*1-2/h1-2H3;2H,1H3/i;2T. The van der Waals surface area contributed by atoms with E-state index < -0.39 is 0 Å². The normalized spacial score (nSPS) is 6.25. The summed E-state index contributed by atoms with van der Waals surface area (Å²) in [6.45, 7) is 4.00. The average molecular weight is 64.1 g/mol. The van der Waals surface area contributed by atoms with Crippen molar-refractivity contribution in [3.05, 3.63) is 0 Å². The highest BCUT2D eigenvalue weighted by Crippen LogP contribution is 1.14. The predicted octanol–water partition coefficient (Wildman–Crippen LogP) is 0.635. The largest absolute Gasteiger partial charge is 0.400 e. The van der Waals surface area contributed by atoms with Crippen molar-refractivity contribution in [1.82, 2.24) is 0 Å². The van der Waals surface area contributed by atoms with Gasteiger partial charge in [-0.1, -0.05) is 13.8 Å². The van der Waals surface area contributed by atoms with E-state index in [2.05, 4.69) is 5.11 Å². The first-order valence-corrected chi connectivity index (χ1v) is 1.41. The lowest BCUT2D eigenvalue weighted by atomic mass is 11.0. The van der Waals surface area contributed by atoms with Crippen LogP contribution in [-0.2, 0) is 0 Å². The maximum absolute atomic E-state index is 5.71. The van der Waals surface area contributed by atoms with Crippen molar-refractivity contribution in [3.8, 4) is 0 Å². The van der Waals surface area contributed by atoms with Gasteiger partial charge in [-0.3, -0.25) is 0 Å². The van der Waals surface area contributed by atoms with E-state index in [0.717, 1.165) is 0 Å². The molecule has 1 N–H and O–H groups in total. The first kappa shape index (κ1) is 3.96. The Balaban J connectivity index is 0. The highest BCUT2D eigenvalue weighted by atomic mass is 16.2. The molecule has 0 unspecified atom stereocenters. The molecular weight excluding hydrogens is 52.0 g/mol. The molecule has 0 fully saturated rings. The summed E-state index contributed by atoms with van der Waals surface area (Å²) in [4.78, 5) is 0. The van der Waals surface area contributed by atoms with Crippen molar-refractivity contribution in [2.24, 2.45) is 0 Å². The summed E-state index contributed by atoms with van der Waals surface area (Å²) < 4.78 is 5.71. The monoisotopic (exact) mass is 64.1 g/mol. The number of hydrogen-bond donors (Lipinski definition) is 1. The van der Waals surface area contributed by atoms with Gasteiger partial charge in [0.1, 0.15) is 0 Å². The molecule has 0 atom stereocenters. The van der Waals surface area contributed by atoms with E-state index in [-0.39, 0.29) is 0 Å². The Morgan fingerprint density at radius 1 is 1.75 bits per heavy atom. The Bertz CT molecular complexity index is 6.85. The Morgan fingerprint density at radius 3 is 1.75 bits per heavy atom. The second-order valence-electron chi connectivity index (χ2n) is 0. The third kappa shape index (κ3) is 1130. The van der Waals surface area contributed by atoms with Gasteiger partial charge in [-0.25, -0.2) is 0 Å². The van der Waals surface area contributed by atoms with Gasteiger partial charge in [-0.05, 0) is 0 Å². The summed E-state index contributed by atoms with van der Waals surface area (Å²) in [5.41, 5.74) is 0. The van der Waals surface area contributed by atoms with E-state index in [4.69, 9.17) is 1.43 Å². The molecule has 0 amide bonds. The van der Waals surface area contributed by atoms with Crippen LogP contribution in [0.4, 0.5) is 0 Å². The number of hydrogen-bond acceptors (Lipinski definition) is 1. The zero-order chi connectivity index (χ0) is 4.71. The minimum Gasteiger partial charge on any atom is -0.400 e. The van der Waals surface area contributed by atoms with Crippen LogP contribution in [0.5, 0.6) is 0 Å². The SMILES string of the molecule is CC.[3H]OC. The van der Waals surface area contributed by atoms with Gasteiger partial charge >= 0.3 is 0 Å². The lowest BCUT2D eigenvalue weighted by molar-refractivity contribution is 0.399. The third-order valence-corrected chi connectivity index (χ3v) is 0. The van der Waals surface area contributed by atoms with Gasteiger partial charge in [-0.15, -0.1) is 0 Å². The van der Waals surface area contributed by atoms with Crippen LogP contribution in [0.25, 0.3) is 0 Å². The fourth-order valence-electron chi connectivity index (χ4n) is 0. The van der Waals surface area contributed by atoms with Gasteiger partial charge in [0.05, 0.1) is 0 Å². The zero-order valence-corrected chi connectivity index (χ0v) is 3.41. The fourth-order valence-corrected chi connectivity index (χ4v) is 0. The minimum absolute atomic E-state index is 1.29. The molecule has 0 aromatic carbocycles. The van der Waals surface area contributed by atoms with Crippen LogP contribution >= 0.6 is 0 Å². The summed E-state index contributed by atoms with van der Waals surface area (Å²) in [5, 5.41) is 3.50. The van der Waals surface area contributed by atoms with Crippen LogP contribution in [0.15, 0.2) is 0 Å². The van der Waals surface area contributed by atoms with Crippen molar-refractivity contribution < 1.29 is 5.11 Å². The summed E-state index contributed by atoms with van der Waals surface area (Å²) in [5.74, 6) is 0. The van der Waals surface area contributed by atoms with Gasteiger partial charge in [0, 0.05) is 7.11 Å². The van der Waals surface area contributed by atoms with Crippen LogP contribution in [0, 0.1) is 0 Å². The maximum atomic E-state index is 5.71. The van der Waals surface area contributed by atoms with Gasteiger partial charge in [0.2, 0.25) is 1.43 Å². The lowest BCUT2D eigenvalue weighted by Crippen LogP contribution is -1.25. The van der Waals surface area contributed by atoms with E-state index in [1.165, 1.54) is 7.11 Å². The molecule has 28 valence electrons. The molecule has 0 aliphatic carbocycles. The quantitative estimate of drug-likeness (QED) is 0.438.